The van der Waals surface area contributed by atoms with E-state index in [1.165, 1.54) is 71.7 Å². The van der Waals surface area contributed by atoms with E-state index >= 15 is 0 Å². The van der Waals surface area contributed by atoms with Crippen LogP contribution in [-0.4, -0.2) is 28.2 Å². The SMILES string of the molecule is CCCCCCCC[n+]1c2cc(N(C)C)ccc2cc2ccc(N(C)C)cc21.[Cl-]. The van der Waals surface area contributed by atoms with Crippen LogP contribution in [0.3, 0.4) is 0 Å². The van der Waals surface area contributed by atoms with E-state index in [2.05, 4.69) is 91.9 Å². The van der Waals surface area contributed by atoms with Crippen LogP contribution in [0.25, 0.3) is 21.8 Å². The largest absolute Gasteiger partial charge is 1.00 e. The van der Waals surface area contributed by atoms with Crippen LogP contribution in [0.15, 0.2) is 42.5 Å². The Balaban J connectivity index is 0.00000300. The number of hydrogen-bond acceptors (Lipinski definition) is 2. The first-order chi connectivity index (χ1) is 13.5. The Hall–Kier alpha value is -2.00. The molecule has 0 aliphatic carbocycles. The fourth-order valence-electron chi connectivity index (χ4n) is 3.92. The van der Waals surface area contributed by atoms with Gasteiger partial charge in [-0.05, 0) is 36.8 Å². The van der Waals surface area contributed by atoms with Gasteiger partial charge in [-0.25, -0.2) is 0 Å². The number of fused-ring (bicyclic) bond motifs is 2. The second-order valence-corrected chi connectivity index (χ2v) is 8.34. The molecule has 29 heavy (non-hydrogen) atoms. The van der Waals surface area contributed by atoms with Crippen molar-refractivity contribution in [3.63, 3.8) is 0 Å². The normalized spacial score (nSPS) is 10.9. The lowest BCUT2D eigenvalue weighted by molar-refractivity contribution is -0.645. The summed E-state index contributed by atoms with van der Waals surface area (Å²) in [4.78, 5) is 4.38. The monoisotopic (exact) mass is 413 g/mol. The van der Waals surface area contributed by atoms with E-state index in [1.54, 1.807) is 0 Å². The van der Waals surface area contributed by atoms with Crippen molar-refractivity contribution in [3.05, 3.63) is 42.5 Å². The molecule has 0 N–H and O–H groups in total. The van der Waals surface area contributed by atoms with Gasteiger partial charge in [0.2, 0.25) is 11.0 Å². The molecule has 3 nitrogen and oxygen atoms in total. The number of unbranched alkanes of at least 4 members (excludes halogenated alkanes) is 5. The minimum Gasteiger partial charge on any atom is -1.00 e. The molecule has 0 aliphatic rings. The van der Waals surface area contributed by atoms with Crippen molar-refractivity contribution in [2.75, 3.05) is 38.0 Å². The molecule has 0 atom stereocenters. The molecule has 1 heterocycles. The predicted octanol–water partition coefficient (Wildman–Crippen LogP) is 2.78. The number of aromatic nitrogens is 1. The molecule has 158 valence electrons. The average Bonchev–Trinajstić information content (AvgIpc) is 2.68. The lowest BCUT2D eigenvalue weighted by Gasteiger charge is -2.15. The Kier molecular flexibility index (Phi) is 8.58. The van der Waals surface area contributed by atoms with Crippen LogP contribution in [-0.2, 0) is 6.54 Å². The summed E-state index contributed by atoms with van der Waals surface area (Å²) in [6, 6.07) is 16.0. The summed E-state index contributed by atoms with van der Waals surface area (Å²) in [5, 5.41) is 2.64. The Bertz CT molecular complexity index is 868. The Labute approximate surface area is 182 Å². The molecule has 0 amide bonds. The number of nitrogens with zero attached hydrogens (tertiary/aromatic N) is 3. The zero-order chi connectivity index (χ0) is 20.1. The van der Waals surface area contributed by atoms with Gasteiger partial charge in [0.05, 0.1) is 0 Å². The molecular formula is C25H36ClN3. The quantitative estimate of drug-likeness (QED) is 0.303. The van der Waals surface area contributed by atoms with Gasteiger partial charge in [-0.3, -0.25) is 0 Å². The summed E-state index contributed by atoms with van der Waals surface area (Å²) in [6.07, 6.45) is 7.94. The lowest BCUT2D eigenvalue weighted by atomic mass is 10.1. The lowest BCUT2D eigenvalue weighted by Crippen LogP contribution is -3.00. The summed E-state index contributed by atoms with van der Waals surface area (Å²) in [5.74, 6) is 0. The van der Waals surface area contributed by atoms with Crippen LogP contribution in [0, 0.1) is 0 Å². The highest BCUT2D eigenvalue weighted by atomic mass is 35.5. The standard InChI is InChI=1S/C25H36N3.ClH/c1-6-7-8-9-10-11-16-28-24-18-22(26(2)3)14-12-20(24)17-21-13-15-23(27(4)5)19-25(21)28;/h12-15,17-19H,6-11,16H2,1-5H3;1H/q+1;/p-1. The molecule has 0 spiro atoms. The van der Waals surface area contributed by atoms with Gasteiger partial charge in [0.25, 0.3) is 0 Å². The third-order valence-electron chi connectivity index (χ3n) is 5.69. The maximum absolute atomic E-state index is 2.55. The van der Waals surface area contributed by atoms with E-state index in [9.17, 15) is 0 Å². The van der Waals surface area contributed by atoms with Crippen molar-refractivity contribution in [2.45, 2.75) is 52.0 Å². The molecule has 0 bridgehead atoms. The van der Waals surface area contributed by atoms with E-state index in [1.807, 2.05) is 0 Å². The van der Waals surface area contributed by atoms with Gasteiger partial charge >= 0.3 is 0 Å². The van der Waals surface area contributed by atoms with Crippen molar-refractivity contribution in [3.8, 4) is 0 Å². The van der Waals surface area contributed by atoms with Crippen molar-refractivity contribution >= 4 is 33.2 Å². The summed E-state index contributed by atoms with van der Waals surface area (Å²) in [5.41, 5.74) is 5.19. The minimum absolute atomic E-state index is 0. The Morgan fingerprint density at radius 3 is 1.62 bits per heavy atom. The second kappa shape index (κ2) is 10.7. The molecule has 1 aromatic heterocycles. The third-order valence-corrected chi connectivity index (χ3v) is 5.69. The highest BCUT2D eigenvalue weighted by Gasteiger charge is 2.17. The predicted molar refractivity (Wildman–Crippen MR) is 124 cm³/mol. The zero-order valence-electron chi connectivity index (χ0n) is 18.7. The molecule has 0 fully saturated rings. The molecular weight excluding hydrogens is 378 g/mol. The van der Waals surface area contributed by atoms with E-state index in [-0.39, 0.29) is 12.4 Å². The van der Waals surface area contributed by atoms with Gasteiger partial charge in [-0.1, -0.05) is 32.6 Å². The number of anilines is 2. The molecule has 3 aromatic rings. The first kappa shape index (κ1) is 23.3. The smallest absolute Gasteiger partial charge is 0.215 e. The van der Waals surface area contributed by atoms with Crippen molar-refractivity contribution < 1.29 is 17.0 Å². The zero-order valence-corrected chi connectivity index (χ0v) is 19.5. The van der Waals surface area contributed by atoms with Crippen molar-refractivity contribution in [2.24, 2.45) is 0 Å². The maximum atomic E-state index is 2.55. The van der Waals surface area contributed by atoms with E-state index in [4.69, 9.17) is 0 Å². The van der Waals surface area contributed by atoms with Crippen LogP contribution in [0.1, 0.15) is 45.4 Å². The summed E-state index contributed by atoms with van der Waals surface area (Å²) in [7, 11) is 8.46. The van der Waals surface area contributed by atoms with Gasteiger partial charge in [-0.15, -0.1) is 0 Å². The van der Waals surface area contributed by atoms with Gasteiger partial charge in [-0.2, -0.15) is 4.57 Å². The van der Waals surface area contributed by atoms with Gasteiger partial charge in [0.1, 0.15) is 6.54 Å². The van der Waals surface area contributed by atoms with Crippen molar-refractivity contribution in [1.29, 1.82) is 0 Å². The van der Waals surface area contributed by atoms with Gasteiger partial charge < -0.3 is 22.2 Å². The second-order valence-electron chi connectivity index (χ2n) is 8.34. The van der Waals surface area contributed by atoms with E-state index < -0.39 is 0 Å². The fraction of sp³-hybridized carbons (Fsp3) is 0.480. The number of benzene rings is 2. The Morgan fingerprint density at radius 2 is 1.14 bits per heavy atom. The molecule has 4 heteroatoms. The summed E-state index contributed by atoms with van der Waals surface area (Å²) in [6.45, 7) is 3.36. The number of pyridine rings is 1. The van der Waals surface area contributed by atoms with Crippen LogP contribution in [0.5, 0.6) is 0 Å². The summed E-state index contributed by atoms with van der Waals surface area (Å²) < 4.78 is 2.55. The fourth-order valence-corrected chi connectivity index (χ4v) is 3.92. The van der Waals surface area contributed by atoms with Gasteiger partial charge in [0.15, 0.2) is 0 Å². The van der Waals surface area contributed by atoms with Crippen LogP contribution in [0.2, 0.25) is 0 Å². The molecule has 0 aliphatic heterocycles. The van der Waals surface area contributed by atoms with E-state index in [0.29, 0.717) is 0 Å². The van der Waals surface area contributed by atoms with Crippen LogP contribution in [0.4, 0.5) is 11.4 Å². The first-order valence-electron chi connectivity index (χ1n) is 10.8. The number of rotatable bonds is 9. The number of halogens is 1. The molecule has 0 saturated heterocycles. The highest BCUT2D eigenvalue weighted by Crippen LogP contribution is 2.25. The third kappa shape index (κ3) is 5.54. The van der Waals surface area contributed by atoms with Gasteiger partial charge in [0, 0.05) is 68.9 Å². The molecule has 3 rings (SSSR count). The number of hydrogen-bond donors (Lipinski definition) is 0. The van der Waals surface area contributed by atoms with Crippen molar-refractivity contribution in [1.82, 2.24) is 0 Å². The minimum atomic E-state index is 0. The molecule has 2 aromatic carbocycles. The maximum Gasteiger partial charge on any atom is 0.215 e. The summed E-state index contributed by atoms with van der Waals surface area (Å²) >= 11 is 0. The van der Waals surface area contributed by atoms with Crippen LogP contribution >= 0.6 is 0 Å². The molecule has 0 unspecified atom stereocenters. The van der Waals surface area contributed by atoms with Crippen LogP contribution < -0.4 is 26.8 Å². The first-order valence-corrected chi connectivity index (χ1v) is 10.8. The average molecular weight is 414 g/mol. The Morgan fingerprint density at radius 1 is 0.655 bits per heavy atom. The topological polar surface area (TPSA) is 10.4 Å². The number of aryl methyl sites for hydroxylation is 1. The molecule has 0 radical (unpaired) electrons. The highest BCUT2D eigenvalue weighted by molar-refractivity contribution is 5.91. The molecule has 0 saturated carbocycles. The van der Waals surface area contributed by atoms with E-state index in [0.717, 1.165) is 6.54 Å².